The molecule has 174 valence electrons. The molecule has 0 amide bonds. The van der Waals surface area contributed by atoms with Crippen LogP contribution in [0.25, 0.3) is 0 Å². The third-order valence-electron chi connectivity index (χ3n) is 5.88. The first-order valence-corrected chi connectivity index (χ1v) is 14.1. The Balaban J connectivity index is 1.47. The summed E-state index contributed by atoms with van der Waals surface area (Å²) in [4.78, 5) is 4.80. The first-order valence-electron chi connectivity index (χ1n) is 11.2. The van der Waals surface area contributed by atoms with Crippen LogP contribution < -0.4 is 10.1 Å². The molecule has 33 heavy (non-hydrogen) atoms. The zero-order valence-electron chi connectivity index (χ0n) is 19.2. The molecule has 0 aromatic heterocycles. The molecule has 1 unspecified atom stereocenters. The number of sulfone groups is 1. The number of rotatable bonds is 8. The maximum Gasteiger partial charge on any atom is 0.148 e. The van der Waals surface area contributed by atoms with Gasteiger partial charge in [-0.1, -0.05) is 30.0 Å². The van der Waals surface area contributed by atoms with Gasteiger partial charge in [0.1, 0.15) is 21.7 Å². The number of aliphatic imine (C=N–C) groups is 1. The summed E-state index contributed by atoms with van der Waals surface area (Å²) in [6, 6.07) is 14.6. The van der Waals surface area contributed by atoms with E-state index in [2.05, 4.69) is 29.6 Å². The molecule has 2 atom stereocenters. The van der Waals surface area contributed by atoms with Gasteiger partial charge in [0.15, 0.2) is 0 Å². The van der Waals surface area contributed by atoms with Crippen LogP contribution in [-0.2, 0) is 16.3 Å². The van der Waals surface area contributed by atoms with Gasteiger partial charge in [-0.2, -0.15) is 5.26 Å². The number of nitrogens with zero attached hydrogens (tertiary/aromatic N) is 2. The van der Waals surface area contributed by atoms with Crippen LogP contribution in [-0.4, -0.2) is 44.7 Å². The minimum Gasteiger partial charge on any atom is -0.490 e. The lowest BCUT2D eigenvalue weighted by Gasteiger charge is -2.17. The summed E-state index contributed by atoms with van der Waals surface area (Å²) < 4.78 is 28.6. The number of hydrogen-bond acceptors (Lipinski definition) is 7. The summed E-state index contributed by atoms with van der Waals surface area (Å²) in [6.45, 7) is 5.06. The van der Waals surface area contributed by atoms with Crippen molar-refractivity contribution in [3.63, 3.8) is 0 Å². The van der Waals surface area contributed by atoms with E-state index in [1.807, 2.05) is 32.0 Å². The lowest BCUT2D eigenvalue weighted by Crippen LogP contribution is -2.25. The number of nitrogens with one attached hydrogen (secondary N) is 1. The summed E-state index contributed by atoms with van der Waals surface area (Å²) in [7, 11) is -2.97. The Labute approximate surface area is 200 Å². The maximum atomic E-state index is 11.5. The zero-order chi connectivity index (χ0) is 23.6. The molecule has 8 heteroatoms. The summed E-state index contributed by atoms with van der Waals surface area (Å²) in [5, 5.41) is 14.2. The van der Waals surface area contributed by atoms with Gasteiger partial charge in [-0.15, -0.1) is 0 Å². The largest absolute Gasteiger partial charge is 0.490 e. The van der Waals surface area contributed by atoms with Crippen LogP contribution in [0.2, 0.25) is 0 Å². The zero-order valence-corrected chi connectivity index (χ0v) is 20.8. The van der Waals surface area contributed by atoms with Gasteiger partial charge in [-0.3, -0.25) is 4.99 Å². The summed E-state index contributed by atoms with van der Waals surface area (Å²) >= 11 is 1.74. The van der Waals surface area contributed by atoms with Gasteiger partial charge in [0.05, 0.1) is 34.3 Å². The van der Waals surface area contributed by atoms with Crippen LogP contribution in [0, 0.1) is 11.3 Å². The average molecular weight is 484 g/mol. The first-order chi connectivity index (χ1) is 15.7. The molecule has 1 aliphatic heterocycles. The average Bonchev–Trinajstić information content (AvgIpc) is 3.40. The van der Waals surface area contributed by atoms with Crippen molar-refractivity contribution in [2.75, 3.05) is 25.1 Å². The Hall–Kier alpha value is -2.34. The second-order valence-electron chi connectivity index (χ2n) is 8.83. The highest BCUT2D eigenvalue weighted by Gasteiger charge is 2.30. The molecule has 1 N–H and O–H groups in total. The smallest absolute Gasteiger partial charge is 0.148 e. The molecule has 0 saturated carbocycles. The Morgan fingerprint density at radius 2 is 2.06 bits per heavy atom. The number of benzene rings is 2. The highest BCUT2D eigenvalue weighted by Crippen LogP contribution is 2.43. The van der Waals surface area contributed by atoms with Crippen molar-refractivity contribution in [3.8, 4) is 11.8 Å². The fourth-order valence-electron chi connectivity index (χ4n) is 4.42. The molecule has 0 radical (unpaired) electrons. The second-order valence-corrected chi connectivity index (χ2v) is 12.3. The molecular formula is C25H29N3O3S2. The van der Waals surface area contributed by atoms with Crippen molar-refractivity contribution < 1.29 is 13.2 Å². The van der Waals surface area contributed by atoms with Gasteiger partial charge in [-0.05, 0) is 61.6 Å². The molecule has 6 nitrogen and oxygen atoms in total. The minimum absolute atomic E-state index is 0.00962. The van der Waals surface area contributed by atoms with Crippen molar-refractivity contribution in [3.05, 3.63) is 64.2 Å². The van der Waals surface area contributed by atoms with Crippen LogP contribution in [0.1, 0.15) is 59.4 Å². The number of thioether (sulfide) groups is 1. The molecule has 1 heterocycles. The number of nitriles is 1. The molecule has 4 rings (SSSR count). The van der Waals surface area contributed by atoms with E-state index in [9.17, 15) is 13.7 Å². The normalized spacial score (nSPS) is 19.9. The molecule has 0 saturated heterocycles. The maximum absolute atomic E-state index is 11.5. The SMILES string of the molecule is CC(C)Oc1ccc(C2=NCC(c3cccc4c3CC[C@@H]4NCCS(C)(=O)=O)S2)cc1C#N. The molecule has 1 aliphatic carbocycles. The quantitative estimate of drug-likeness (QED) is 0.605. The second kappa shape index (κ2) is 9.88. The Morgan fingerprint density at radius 3 is 2.79 bits per heavy atom. The van der Waals surface area contributed by atoms with Gasteiger partial charge in [0.25, 0.3) is 0 Å². The van der Waals surface area contributed by atoms with Gasteiger partial charge >= 0.3 is 0 Å². The van der Waals surface area contributed by atoms with E-state index in [1.54, 1.807) is 11.8 Å². The van der Waals surface area contributed by atoms with Gasteiger partial charge in [0, 0.05) is 24.4 Å². The van der Waals surface area contributed by atoms with Gasteiger partial charge in [-0.25, -0.2) is 8.42 Å². The van der Waals surface area contributed by atoms with Crippen molar-refractivity contribution in [2.24, 2.45) is 4.99 Å². The molecular weight excluding hydrogens is 454 g/mol. The van der Waals surface area contributed by atoms with E-state index in [1.165, 1.54) is 22.9 Å². The predicted molar refractivity (Wildman–Crippen MR) is 134 cm³/mol. The van der Waals surface area contributed by atoms with Crippen molar-refractivity contribution >= 4 is 26.6 Å². The fraction of sp³-hybridized carbons (Fsp3) is 0.440. The predicted octanol–water partition coefficient (Wildman–Crippen LogP) is 4.20. The van der Waals surface area contributed by atoms with Crippen LogP contribution in [0.5, 0.6) is 5.75 Å². The third kappa shape index (κ3) is 5.60. The number of ether oxygens (including phenoxy) is 1. The third-order valence-corrected chi connectivity index (χ3v) is 8.10. The van der Waals surface area contributed by atoms with E-state index in [0.717, 1.165) is 23.4 Å². The van der Waals surface area contributed by atoms with Crippen LogP contribution in [0.4, 0.5) is 0 Å². The van der Waals surface area contributed by atoms with E-state index >= 15 is 0 Å². The standard InChI is InChI=1S/C25H29N3O3S2/c1-16(2)31-23-10-7-17(13-18(23)14-26)25-28-15-24(32-25)21-6-4-5-20-19(21)8-9-22(20)27-11-12-33(3,29)30/h4-7,10,13,16,22,24,27H,8-9,11-12,15H2,1-3H3/t22-,24?/m0/s1. The lowest BCUT2D eigenvalue weighted by atomic mass is 9.99. The van der Waals surface area contributed by atoms with Crippen molar-refractivity contribution in [1.29, 1.82) is 5.26 Å². The topological polar surface area (TPSA) is 91.5 Å². The lowest BCUT2D eigenvalue weighted by molar-refractivity contribution is 0.241. The molecule has 2 aliphatic rings. The van der Waals surface area contributed by atoms with Crippen LogP contribution in [0.15, 0.2) is 41.4 Å². The minimum atomic E-state index is -2.97. The summed E-state index contributed by atoms with van der Waals surface area (Å²) in [5.74, 6) is 0.756. The van der Waals surface area contributed by atoms with E-state index in [-0.39, 0.29) is 23.1 Å². The summed E-state index contributed by atoms with van der Waals surface area (Å²) in [6.07, 6.45) is 3.24. The van der Waals surface area contributed by atoms with Gasteiger partial charge < -0.3 is 10.1 Å². The monoisotopic (exact) mass is 483 g/mol. The highest BCUT2D eigenvalue weighted by atomic mass is 32.2. The number of fused-ring (bicyclic) bond motifs is 1. The Kier molecular flexibility index (Phi) is 7.13. The molecule has 0 fully saturated rings. The number of hydrogen-bond donors (Lipinski definition) is 1. The summed E-state index contributed by atoms with van der Waals surface area (Å²) in [5.41, 5.74) is 5.42. The molecule has 0 bridgehead atoms. The van der Waals surface area contributed by atoms with Crippen molar-refractivity contribution in [1.82, 2.24) is 5.32 Å². The van der Waals surface area contributed by atoms with Crippen molar-refractivity contribution in [2.45, 2.75) is 44.1 Å². The molecule has 2 aromatic rings. The van der Waals surface area contributed by atoms with Crippen LogP contribution in [0.3, 0.4) is 0 Å². The Bertz CT molecular complexity index is 1220. The first kappa shape index (κ1) is 23.8. The molecule has 2 aromatic carbocycles. The van der Waals surface area contributed by atoms with Crippen LogP contribution >= 0.6 is 11.8 Å². The van der Waals surface area contributed by atoms with E-state index in [4.69, 9.17) is 9.73 Å². The van der Waals surface area contributed by atoms with E-state index in [0.29, 0.717) is 24.4 Å². The Morgan fingerprint density at radius 1 is 1.27 bits per heavy atom. The van der Waals surface area contributed by atoms with E-state index < -0.39 is 9.84 Å². The molecule has 0 spiro atoms. The van der Waals surface area contributed by atoms with Gasteiger partial charge in [0.2, 0.25) is 0 Å². The highest BCUT2D eigenvalue weighted by molar-refractivity contribution is 8.14. The fourth-order valence-corrected chi connectivity index (χ4v) is 6.09.